The van der Waals surface area contributed by atoms with Gasteiger partial charge in [0.1, 0.15) is 12.3 Å². The predicted octanol–water partition coefficient (Wildman–Crippen LogP) is 7.11. The van der Waals surface area contributed by atoms with E-state index in [0.29, 0.717) is 0 Å². The van der Waals surface area contributed by atoms with Crippen molar-refractivity contribution >= 4 is 10.1 Å². The standard InChI is InChI=1S/C21H17F12NO4S/c1-16(2,3)15-14(37-10-11-7-5-4-6-8-11)12(9-13(34-15)17(22,23)24)38-39(35,36)21(32,33)19(27,28)18(25,26)20(29,30)31/h4-9H,10H2,1-3H3. The van der Waals surface area contributed by atoms with E-state index in [1.807, 2.05) is 0 Å². The molecule has 0 unspecified atom stereocenters. The van der Waals surface area contributed by atoms with Crippen LogP contribution in [0.1, 0.15) is 37.7 Å². The Morgan fingerprint density at radius 1 is 0.795 bits per heavy atom. The molecule has 0 saturated heterocycles. The molecule has 0 radical (unpaired) electrons. The molecule has 0 amide bonds. The molecule has 18 heteroatoms. The summed E-state index contributed by atoms with van der Waals surface area (Å²) >= 11 is 0. The van der Waals surface area contributed by atoms with E-state index in [2.05, 4.69) is 9.17 Å². The number of nitrogens with zero attached hydrogens (tertiary/aromatic N) is 1. The zero-order valence-corrected chi connectivity index (χ0v) is 20.5. The zero-order valence-electron chi connectivity index (χ0n) is 19.7. The van der Waals surface area contributed by atoms with E-state index in [9.17, 15) is 61.1 Å². The molecule has 0 fully saturated rings. The molecule has 1 heterocycles. The van der Waals surface area contributed by atoms with Crippen LogP contribution in [-0.4, -0.2) is 36.7 Å². The van der Waals surface area contributed by atoms with E-state index in [-0.39, 0.29) is 11.6 Å². The van der Waals surface area contributed by atoms with Crippen molar-refractivity contribution in [3.05, 3.63) is 53.3 Å². The molecule has 5 nitrogen and oxygen atoms in total. The Balaban J connectivity index is 2.77. The highest BCUT2D eigenvalue weighted by Gasteiger charge is 2.86. The molecular weight excluding hydrogens is 590 g/mol. The van der Waals surface area contributed by atoms with E-state index in [1.165, 1.54) is 51.1 Å². The summed E-state index contributed by atoms with van der Waals surface area (Å²) in [7, 11) is -7.58. The lowest BCUT2D eigenvalue weighted by atomic mass is 9.90. The lowest BCUT2D eigenvalue weighted by Crippen LogP contribution is -2.63. The van der Waals surface area contributed by atoms with Gasteiger partial charge in [-0.3, -0.25) is 0 Å². The van der Waals surface area contributed by atoms with Gasteiger partial charge in [-0.05, 0) is 5.56 Å². The largest absolute Gasteiger partial charge is 0.483 e. The minimum atomic E-state index is -7.67. The summed E-state index contributed by atoms with van der Waals surface area (Å²) in [6.45, 7) is 2.95. The van der Waals surface area contributed by atoms with Gasteiger partial charge in [-0.15, -0.1) is 0 Å². The van der Waals surface area contributed by atoms with E-state index < -0.39 is 74.5 Å². The van der Waals surface area contributed by atoms with Crippen molar-refractivity contribution in [3.8, 4) is 11.5 Å². The minimum Gasteiger partial charge on any atom is -0.483 e. The van der Waals surface area contributed by atoms with Crippen LogP contribution in [-0.2, 0) is 28.3 Å². The monoisotopic (exact) mass is 607 g/mol. The summed E-state index contributed by atoms with van der Waals surface area (Å²) in [5, 5.41) is -7.32. The molecule has 1 aromatic carbocycles. The Morgan fingerprint density at radius 2 is 1.31 bits per heavy atom. The second-order valence-electron chi connectivity index (χ2n) is 8.91. The normalized spacial score (nSPS) is 14.3. The maximum atomic E-state index is 14.2. The van der Waals surface area contributed by atoms with Gasteiger partial charge in [0, 0.05) is 11.5 Å². The fraction of sp³-hybridized carbons (Fsp3) is 0.476. The number of ether oxygens (including phenoxy) is 1. The van der Waals surface area contributed by atoms with Crippen LogP contribution in [0.5, 0.6) is 11.5 Å². The van der Waals surface area contributed by atoms with Crippen molar-refractivity contribution < 1.29 is 70.0 Å². The molecule has 0 spiro atoms. The highest BCUT2D eigenvalue weighted by atomic mass is 32.2. The Hall–Kier alpha value is -2.92. The van der Waals surface area contributed by atoms with Crippen LogP contribution in [0.25, 0.3) is 0 Å². The second kappa shape index (κ2) is 9.92. The fourth-order valence-electron chi connectivity index (χ4n) is 2.78. The molecule has 0 aliphatic carbocycles. The number of halogens is 12. The predicted molar refractivity (Wildman–Crippen MR) is 109 cm³/mol. The highest BCUT2D eigenvalue weighted by Crippen LogP contribution is 2.55. The molecule has 2 aromatic rings. The third kappa shape index (κ3) is 6.14. The SMILES string of the molecule is CC(C)(C)c1nc(C(F)(F)F)cc(OS(=O)(=O)C(F)(F)C(F)(F)C(F)(F)C(F)(F)F)c1OCc1ccccc1. The van der Waals surface area contributed by atoms with Crippen molar-refractivity contribution in [1.82, 2.24) is 4.98 Å². The first kappa shape index (κ1) is 32.3. The summed E-state index contributed by atoms with van der Waals surface area (Å²) in [6.07, 6.45) is -12.8. The Morgan fingerprint density at radius 3 is 1.74 bits per heavy atom. The van der Waals surface area contributed by atoms with Gasteiger partial charge in [0.25, 0.3) is 0 Å². The maximum Gasteiger partial charge on any atom is 0.460 e. The number of hydrogen-bond donors (Lipinski definition) is 0. The lowest BCUT2D eigenvalue weighted by molar-refractivity contribution is -0.382. The third-order valence-corrected chi connectivity index (χ3v) is 6.08. The Bertz CT molecular complexity index is 1280. The first-order valence-electron chi connectivity index (χ1n) is 10.2. The van der Waals surface area contributed by atoms with Gasteiger partial charge < -0.3 is 8.92 Å². The van der Waals surface area contributed by atoms with Crippen LogP contribution in [0, 0.1) is 0 Å². The summed E-state index contributed by atoms with van der Waals surface area (Å²) in [6, 6.07) is 6.85. The number of benzene rings is 1. The molecule has 0 atom stereocenters. The number of hydrogen-bond acceptors (Lipinski definition) is 5. The van der Waals surface area contributed by atoms with Gasteiger partial charge in [-0.25, -0.2) is 4.98 Å². The van der Waals surface area contributed by atoms with E-state index in [0.717, 1.165) is 0 Å². The van der Waals surface area contributed by atoms with E-state index >= 15 is 0 Å². The van der Waals surface area contributed by atoms with Gasteiger partial charge in [-0.2, -0.15) is 61.1 Å². The summed E-state index contributed by atoms with van der Waals surface area (Å²) in [4.78, 5) is 3.27. The number of pyridine rings is 1. The maximum absolute atomic E-state index is 14.2. The van der Waals surface area contributed by atoms with Crippen molar-refractivity contribution in [2.45, 2.75) is 62.2 Å². The Labute approximate surface area is 212 Å². The quantitative estimate of drug-likeness (QED) is 0.237. The van der Waals surface area contributed by atoms with Crippen LogP contribution >= 0.6 is 0 Å². The third-order valence-electron chi connectivity index (χ3n) is 4.80. The number of aromatic nitrogens is 1. The summed E-state index contributed by atoms with van der Waals surface area (Å²) in [5.74, 6) is -18.3. The van der Waals surface area contributed by atoms with Crippen LogP contribution in [0.3, 0.4) is 0 Å². The topological polar surface area (TPSA) is 65.5 Å². The molecule has 0 bridgehead atoms. The van der Waals surface area contributed by atoms with E-state index in [1.54, 1.807) is 0 Å². The molecule has 1 aromatic heterocycles. The van der Waals surface area contributed by atoms with Crippen molar-refractivity contribution in [2.24, 2.45) is 0 Å². The molecule has 0 aliphatic heterocycles. The molecule has 2 rings (SSSR count). The molecule has 0 N–H and O–H groups in total. The molecule has 0 saturated carbocycles. The first-order chi connectivity index (χ1) is 17.3. The molecule has 220 valence electrons. The Kier molecular flexibility index (Phi) is 8.22. The summed E-state index contributed by atoms with van der Waals surface area (Å²) in [5.41, 5.74) is -4.09. The average molecular weight is 607 g/mol. The van der Waals surface area contributed by atoms with Gasteiger partial charge in [0.05, 0.1) is 5.69 Å². The van der Waals surface area contributed by atoms with Crippen molar-refractivity contribution in [2.75, 3.05) is 0 Å². The highest BCUT2D eigenvalue weighted by molar-refractivity contribution is 7.88. The van der Waals surface area contributed by atoms with Crippen LogP contribution in [0.4, 0.5) is 52.7 Å². The van der Waals surface area contributed by atoms with E-state index in [4.69, 9.17) is 4.74 Å². The van der Waals surface area contributed by atoms with Crippen molar-refractivity contribution in [3.63, 3.8) is 0 Å². The van der Waals surface area contributed by atoms with Gasteiger partial charge in [-0.1, -0.05) is 51.1 Å². The smallest absolute Gasteiger partial charge is 0.460 e. The van der Waals surface area contributed by atoms with Gasteiger partial charge >= 0.3 is 39.6 Å². The molecule has 0 aliphatic rings. The van der Waals surface area contributed by atoms with Crippen LogP contribution < -0.4 is 8.92 Å². The lowest BCUT2D eigenvalue weighted by Gasteiger charge is -2.32. The molecular formula is C21H17F12NO4S. The number of rotatable bonds is 8. The first-order valence-corrected chi connectivity index (χ1v) is 11.6. The molecule has 39 heavy (non-hydrogen) atoms. The minimum absolute atomic E-state index is 0.257. The van der Waals surface area contributed by atoms with Gasteiger partial charge in [0.15, 0.2) is 11.5 Å². The van der Waals surface area contributed by atoms with Crippen LogP contribution in [0.2, 0.25) is 0 Å². The summed E-state index contributed by atoms with van der Waals surface area (Å²) < 4.78 is 193. The van der Waals surface area contributed by atoms with Crippen LogP contribution in [0.15, 0.2) is 36.4 Å². The van der Waals surface area contributed by atoms with Crippen molar-refractivity contribution in [1.29, 1.82) is 0 Å². The average Bonchev–Trinajstić information content (AvgIpc) is 2.75. The zero-order chi connectivity index (χ0) is 30.5. The fourth-order valence-corrected chi connectivity index (χ4v) is 3.69. The number of alkyl halides is 12. The van der Waals surface area contributed by atoms with Gasteiger partial charge in [0.2, 0.25) is 0 Å². The second-order valence-corrected chi connectivity index (χ2v) is 10.5.